The summed E-state index contributed by atoms with van der Waals surface area (Å²) in [5.41, 5.74) is 7.28. The van der Waals surface area contributed by atoms with Gasteiger partial charge in [-0.2, -0.15) is 0 Å². The molecule has 1 saturated carbocycles. The minimum atomic E-state index is 0.350. The summed E-state index contributed by atoms with van der Waals surface area (Å²) in [4.78, 5) is 2.25. The fourth-order valence-electron chi connectivity index (χ4n) is 4.76. The number of ether oxygens (including phenoxy) is 2. The van der Waals surface area contributed by atoms with Crippen LogP contribution in [-0.2, 0) is 0 Å². The van der Waals surface area contributed by atoms with Crippen molar-refractivity contribution in [2.45, 2.75) is 53.9 Å². The van der Waals surface area contributed by atoms with E-state index in [9.17, 15) is 0 Å². The molecule has 3 heteroatoms. The lowest BCUT2D eigenvalue weighted by atomic mass is 9.75. The van der Waals surface area contributed by atoms with Crippen LogP contribution >= 0.6 is 0 Å². The Hall–Kier alpha value is -2.94. The average molecular weight is 474 g/mol. The third kappa shape index (κ3) is 7.04. The topological polar surface area (TPSA) is 21.7 Å². The third-order valence-electron chi connectivity index (χ3n) is 6.86. The molecule has 0 radical (unpaired) electrons. The molecule has 1 heterocycles. The largest absolute Gasteiger partial charge is 0.496 e. The van der Waals surface area contributed by atoms with Crippen LogP contribution in [0.1, 0.15) is 58.1 Å². The van der Waals surface area contributed by atoms with E-state index in [2.05, 4.69) is 94.0 Å². The average Bonchev–Trinajstić information content (AvgIpc) is 2.77. The molecule has 1 aromatic carbocycles. The molecule has 1 aliphatic carbocycles. The predicted molar refractivity (Wildman–Crippen MR) is 150 cm³/mol. The van der Waals surface area contributed by atoms with Gasteiger partial charge in [-0.05, 0) is 85.4 Å². The lowest BCUT2D eigenvalue weighted by Crippen LogP contribution is -2.24. The van der Waals surface area contributed by atoms with Crippen LogP contribution in [0.5, 0.6) is 11.5 Å². The van der Waals surface area contributed by atoms with Crippen LogP contribution in [0.25, 0.3) is 6.08 Å². The van der Waals surface area contributed by atoms with Gasteiger partial charge in [0.05, 0.1) is 14.2 Å². The zero-order valence-corrected chi connectivity index (χ0v) is 22.7. The van der Waals surface area contributed by atoms with Crippen molar-refractivity contribution in [3.63, 3.8) is 0 Å². The van der Waals surface area contributed by atoms with Gasteiger partial charge in [-0.3, -0.25) is 0 Å². The van der Waals surface area contributed by atoms with E-state index in [1.165, 1.54) is 36.0 Å². The van der Waals surface area contributed by atoms with Crippen LogP contribution in [0, 0.1) is 24.7 Å². The summed E-state index contributed by atoms with van der Waals surface area (Å²) in [7, 11) is 3.39. The number of nitrogens with zero attached hydrogens (tertiary/aromatic N) is 1. The van der Waals surface area contributed by atoms with Crippen LogP contribution in [0.15, 0.2) is 77.7 Å². The molecule has 0 spiro atoms. The first-order valence-corrected chi connectivity index (χ1v) is 12.9. The second kappa shape index (κ2) is 12.2. The van der Waals surface area contributed by atoms with Gasteiger partial charge in [-0.15, -0.1) is 0 Å². The van der Waals surface area contributed by atoms with Gasteiger partial charge in [-0.1, -0.05) is 63.6 Å². The minimum Gasteiger partial charge on any atom is -0.496 e. The highest BCUT2D eigenvalue weighted by atomic mass is 16.5. The smallest absolute Gasteiger partial charge is 0.126 e. The van der Waals surface area contributed by atoms with Gasteiger partial charge in [-0.25, -0.2) is 0 Å². The molecule has 35 heavy (non-hydrogen) atoms. The standard InChI is InChI=1S/C32H43NO2/c1-22(2)16-24(4)17-30(28-10-9-11-28)29-14-15-33(25(5)18-29)21-23(3)12-13-27-19-31(34-7)26(6)32(20-27)35-8/h12-20,22-23,28H,5,9-11,21H2,1-4,6-8H3/b13-12+,24-16-,30-17+. The summed E-state index contributed by atoms with van der Waals surface area (Å²) in [6.07, 6.45) is 19.8. The number of rotatable bonds is 10. The van der Waals surface area contributed by atoms with Gasteiger partial charge in [0.15, 0.2) is 0 Å². The first-order valence-electron chi connectivity index (χ1n) is 12.9. The van der Waals surface area contributed by atoms with Crippen molar-refractivity contribution < 1.29 is 9.47 Å². The van der Waals surface area contributed by atoms with Crippen molar-refractivity contribution >= 4 is 6.08 Å². The third-order valence-corrected chi connectivity index (χ3v) is 6.86. The van der Waals surface area contributed by atoms with Gasteiger partial charge < -0.3 is 14.4 Å². The van der Waals surface area contributed by atoms with Gasteiger partial charge in [0.25, 0.3) is 0 Å². The lowest BCUT2D eigenvalue weighted by molar-refractivity contribution is 0.370. The van der Waals surface area contributed by atoms with E-state index in [0.29, 0.717) is 17.8 Å². The van der Waals surface area contributed by atoms with E-state index in [4.69, 9.17) is 9.47 Å². The van der Waals surface area contributed by atoms with E-state index in [1.54, 1.807) is 14.2 Å². The molecule has 3 nitrogen and oxygen atoms in total. The first kappa shape index (κ1) is 26.7. The van der Waals surface area contributed by atoms with Crippen molar-refractivity contribution in [2.24, 2.45) is 17.8 Å². The van der Waals surface area contributed by atoms with E-state index >= 15 is 0 Å². The molecular weight excluding hydrogens is 430 g/mol. The molecule has 1 unspecified atom stereocenters. The maximum atomic E-state index is 5.51. The Bertz CT molecular complexity index is 1040. The van der Waals surface area contributed by atoms with Gasteiger partial charge in [0.2, 0.25) is 0 Å². The quantitative estimate of drug-likeness (QED) is 0.319. The Kier molecular flexibility index (Phi) is 9.26. The Morgan fingerprint density at radius 1 is 1.14 bits per heavy atom. The number of hydrogen-bond acceptors (Lipinski definition) is 3. The Morgan fingerprint density at radius 3 is 2.31 bits per heavy atom. The maximum absolute atomic E-state index is 5.51. The molecule has 2 aliphatic rings. The monoisotopic (exact) mass is 473 g/mol. The molecule has 3 rings (SSSR count). The zero-order valence-electron chi connectivity index (χ0n) is 22.7. The second-order valence-electron chi connectivity index (χ2n) is 10.3. The van der Waals surface area contributed by atoms with Gasteiger partial charge >= 0.3 is 0 Å². The zero-order chi connectivity index (χ0) is 25.5. The molecule has 0 amide bonds. The van der Waals surface area contributed by atoms with Crippen LogP contribution in [0.4, 0.5) is 0 Å². The Morgan fingerprint density at radius 2 is 1.80 bits per heavy atom. The van der Waals surface area contributed by atoms with Crippen LogP contribution < -0.4 is 9.47 Å². The summed E-state index contributed by atoms with van der Waals surface area (Å²) in [6.45, 7) is 16.2. The highest BCUT2D eigenvalue weighted by molar-refractivity contribution is 5.59. The lowest BCUT2D eigenvalue weighted by Gasteiger charge is -2.32. The van der Waals surface area contributed by atoms with Crippen LogP contribution in [-0.4, -0.2) is 25.7 Å². The van der Waals surface area contributed by atoms with Crippen LogP contribution in [0.2, 0.25) is 0 Å². The second-order valence-corrected chi connectivity index (χ2v) is 10.3. The molecule has 0 N–H and O–H groups in total. The number of hydrogen-bond donors (Lipinski definition) is 0. The molecule has 1 atom stereocenters. The normalized spacial score (nSPS) is 18.2. The Balaban J connectivity index is 1.69. The first-order chi connectivity index (χ1) is 16.7. The fourth-order valence-corrected chi connectivity index (χ4v) is 4.76. The summed E-state index contributed by atoms with van der Waals surface area (Å²) in [6, 6.07) is 4.11. The molecular formula is C32H43NO2. The van der Waals surface area contributed by atoms with Crippen molar-refractivity contribution in [1.82, 2.24) is 4.90 Å². The molecule has 1 aromatic rings. The molecule has 1 aliphatic heterocycles. The van der Waals surface area contributed by atoms with Gasteiger partial charge in [0.1, 0.15) is 11.5 Å². The van der Waals surface area contributed by atoms with E-state index < -0.39 is 0 Å². The van der Waals surface area contributed by atoms with Crippen molar-refractivity contribution in [1.29, 1.82) is 0 Å². The summed E-state index contributed by atoms with van der Waals surface area (Å²) in [5, 5.41) is 0. The molecule has 0 saturated heterocycles. The minimum absolute atomic E-state index is 0.350. The molecule has 0 bridgehead atoms. The SMILES string of the molecule is C=C1C=C(/C(=C/C(C)=C\C(C)C)C2CCC2)C=CN1CC(C)/C=C/c1cc(OC)c(C)c(OC)c1. The van der Waals surface area contributed by atoms with E-state index in [1.807, 2.05) is 6.92 Å². The molecule has 1 fully saturated rings. The highest BCUT2D eigenvalue weighted by Crippen LogP contribution is 2.39. The van der Waals surface area contributed by atoms with Crippen molar-refractivity contribution in [2.75, 3.05) is 20.8 Å². The number of methoxy groups -OCH3 is 2. The summed E-state index contributed by atoms with van der Waals surface area (Å²) < 4.78 is 11.0. The maximum Gasteiger partial charge on any atom is 0.126 e. The van der Waals surface area contributed by atoms with Crippen molar-refractivity contribution in [3.8, 4) is 11.5 Å². The molecule has 0 aromatic heterocycles. The summed E-state index contributed by atoms with van der Waals surface area (Å²) in [5.74, 6) is 3.27. The number of allylic oxidation sites excluding steroid dienone is 7. The highest BCUT2D eigenvalue weighted by Gasteiger charge is 2.25. The van der Waals surface area contributed by atoms with E-state index in [-0.39, 0.29) is 0 Å². The van der Waals surface area contributed by atoms with Crippen molar-refractivity contribution in [3.05, 3.63) is 88.8 Å². The Labute approximate surface area is 213 Å². The summed E-state index contributed by atoms with van der Waals surface area (Å²) >= 11 is 0. The van der Waals surface area contributed by atoms with E-state index in [0.717, 1.165) is 34.9 Å². The number of benzene rings is 1. The fraction of sp³-hybridized carbons (Fsp3) is 0.438. The van der Waals surface area contributed by atoms with Gasteiger partial charge in [0, 0.05) is 24.0 Å². The molecule has 188 valence electrons. The predicted octanol–water partition coefficient (Wildman–Crippen LogP) is 8.26. The van der Waals surface area contributed by atoms with Crippen LogP contribution in [0.3, 0.4) is 0 Å².